The number of nitrogens with one attached hydrogen (secondary N) is 1. The summed E-state index contributed by atoms with van der Waals surface area (Å²) in [5, 5.41) is 13.7. The van der Waals surface area contributed by atoms with Gasteiger partial charge in [-0.25, -0.2) is 0 Å². The molecule has 2 unspecified atom stereocenters. The van der Waals surface area contributed by atoms with Gasteiger partial charge in [0.05, 0.1) is 5.02 Å². The molecule has 2 heterocycles. The molecule has 23 heavy (non-hydrogen) atoms. The SMILES string of the molecule is CCC1CNCCN1C(CN1CCCC1)c1ccc(O)c(Cl)c1. The van der Waals surface area contributed by atoms with Crippen LogP contribution < -0.4 is 5.32 Å². The number of phenolic OH excluding ortho intramolecular Hbond substituents is 1. The van der Waals surface area contributed by atoms with E-state index in [9.17, 15) is 5.11 Å². The van der Waals surface area contributed by atoms with Crippen molar-refractivity contribution in [1.29, 1.82) is 0 Å². The predicted octanol–water partition coefficient (Wildman–Crippen LogP) is 2.87. The molecule has 2 atom stereocenters. The fraction of sp³-hybridized carbons (Fsp3) is 0.667. The summed E-state index contributed by atoms with van der Waals surface area (Å²) in [6.45, 7) is 8.88. The summed E-state index contributed by atoms with van der Waals surface area (Å²) >= 11 is 6.19. The summed E-state index contributed by atoms with van der Waals surface area (Å²) in [4.78, 5) is 5.21. The number of piperazine rings is 1. The Morgan fingerprint density at radius 1 is 1.30 bits per heavy atom. The molecule has 0 amide bonds. The Morgan fingerprint density at radius 3 is 2.78 bits per heavy atom. The van der Waals surface area contributed by atoms with Gasteiger partial charge in [-0.05, 0) is 50.0 Å². The summed E-state index contributed by atoms with van der Waals surface area (Å²) in [6.07, 6.45) is 3.76. The number of hydrogen-bond acceptors (Lipinski definition) is 4. The standard InChI is InChI=1S/C18H28ClN3O/c1-2-15-12-20-7-10-22(15)17(13-21-8-3-4-9-21)14-5-6-18(23)16(19)11-14/h5-6,11,15,17,20,23H,2-4,7-10,12-13H2,1H3. The van der Waals surface area contributed by atoms with Crippen molar-refractivity contribution in [2.24, 2.45) is 0 Å². The van der Waals surface area contributed by atoms with Crippen LogP contribution in [0.25, 0.3) is 0 Å². The molecule has 2 fully saturated rings. The Bertz CT molecular complexity index is 519. The molecule has 2 N–H and O–H groups in total. The summed E-state index contributed by atoms with van der Waals surface area (Å²) < 4.78 is 0. The van der Waals surface area contributed by atoms with Crippen LogP contribution in [0.3, 0.4) is 0 Å². The van der Waals surface area contributed by atoms with Crippen molar-refractivity contribution in [1.82, 2.24) is 15.1 Å². The van der Waals surface area contributed by atoms with Crippen LogP contribution in [0.4, 0.5) is 0 Å². The average molecular weight is 338 g/mol. The van der Waals surface area contributed by atoms with Crippen LogP contribution in [0.1, 0.15) is 37.8 Å². The molecule has 128 valence electrons. The quantitative estimate of drug-likeness (QED) is 0.866. The highest BCUT2D eigenvalue weighted by molar-refractivity contribution is 6.32. The number of likely N-dealkylation sites (tertiary alicyclic amines) is 1. The third kappa shape index (κ3) is 4.00. The molecule has 3 rings (SSSR count). The number of hydrogen-bond donors (Lipinski definition) is 2. The first-order valence-corrected chi connectivity index (χ1v) is 9.24. The largest absolute Gasteiger partial charge is 0.506 e. The van der Waals surface area contributed by atoms with E-state index < -0.39 is 0 Å². The number of nitrogens with zero attached hydrogens (tertiary/aromatic N) is 2. The highest BCUT2D eigenvalue weighted by Crippen LogP contribution is 2.32. The first-order valence-electron chi connectivity index (χ1n) is 8.86. The number of rotatable bonds is 5. The fourth-order valence-corrected chi connectivity index (χ4v) is 4.10. The molecule has 1 aromatic carbocycles. The van der Waals surface area contributed by atoms with Gasteiger partial charge in [0, 0.05) is 38.3 Å². The molecule has 0 spiro atoms. The van der Waals surface area contributed by atoms with Crippen LogP contribution in [0.5, 0.6) is 5.75 Å². The minimum absolute atomic E-state index is 0.169. The first kappa shape index (κ1) is 17.0. The Labute approximate surface area is 144 Å². The first-order chi connectivity index (χ1) is 11.2. The van der Waals surface area contributed by atoms with Gasteiger partial charge in [0.2, 0.25) is 0 Å². The van der Waals surface area contributed by atoms with E-state index in [1.807, 2.05) is 12.1 Å². The molecule has 2 aliphatic rings. The van der Waals surface area contributed by atoms with Gasteiger partial charge in [-0.15, -0.1) is 0 Å². The summed E-state index contributed by atoms with van der Waals surface area (Å²) in [6, 6.07) is 6.63. The van der Waals surface area contributed by atoms with E-state index in [-0.39, 0.29) is 5.75 Å². The van der Waals surface area contributed by atoms with E-state index in [0.717, 1.165) is 32.6 Å². The molecule has 2 aliphatic heterocycles. The Morgan fingerprint density at radius 2 is 2.09 bits per heavy atom. The van der Waals surface area contributed by atoms with Crippen molar-refractivity contribution in [3.8, 4) is 5.75 Å². The van der Waals surface area contributed by atoms with Crippen molar-refractivity contribution in [2.75, 3.05) is 39.3 Å². The summed E-state index contributed by atoms with van der Waals surface area (Å²) in [7, 11) is 0. The van der Waals surface area contributed by atoms with Crippen molar-refractivity contribution in [3.63, 3.8) is 0 Å². The van der Waals surface area contributed by atoms with E-state index in [1.165, 1.54) is 31.5 Å². The molecule has 0 saturated carbocycles. The summed E-state index contributed by atoms with van der Waals surface area (Å²) in [5.74, 6) is 0.169. The normalized spacial score (nSPS) is 24.9. The van der Waals surface area contributed by atoms with Crippen LogP contribution in [-0.4, -0.2) is 60.2 Å². The lowest BCUT2D eigenvalue weighted by atomic mass is 9.99. The molecule has 5 heteroatoms. The van der Waals surface area contributed by atoms with Crippen LogP contribution in [0, 0.1) is 0 Å². The zero-order chi connectivity index (χ0) is 16.2. The van der Waals surface area contributed by atoms with E-state index in [1.54, 1.807) is 6.07 Å². The molecule has 2 saturated heterocycles. The molecular formula is C18H28ClN3O. The van der Waals surface area contributed by atoms with E-state index in [4.69, 9.17) is 11.6 Å². The molecule has 0 bridgehead atoms. The summed E-state index contributed by atoms with van der Waals surface area (Å²) in [5.41, 5.74) is 1.22. The maximum Gasteiger partial charge on any atom is 0.134 e. The van der Waals surface area contributed by atoms with Gasteiger partial charge in [0.1, 0.15) is 5.75 Å². The Balaban J connectivity index is 1.86. The molecule has 4 nitrogen and oxygen atoms in total. The van der Waals surface area contributed by atoms with Crippen molar-refractivity contribution >= 4 is 11.6 Å². The zero-order valence-corrected chi connectivity index (χ0v) is 14.7. The van der Waals surface area contributed by atoms with Crippen LogP contribution >= 0.6 is 11.6 Å². The lowest BCUT2D eigenvalue weighted by molar-refractivity contribution is 0.0798. The van der Waals surface area contributed by atoms with Crippen LogP contribution in [-0.2, 0) is 0 Å². The van der Waals surface area contributed by atoms with Gasteiger partial charge in [-0.1, -0.05) is 24.6 Å². The van der Waals surface area contributed by atoms with Gasteiger partial charge >= 0.3 is 0 Å². The van der Waals surface area contributed by atoms with Crippen molar-refractivity contribution < 1.29 is 5.11 Å². The van der Waals surface area contributed by atoms with Crippen molar-refractivity contribution in [2.45, 2.75) is 38.3 Å². The topological polar surface area (TPSA) is 38.7 Å². The maximum absolute atomic E-state index is 9.75. The minimum atomic E-state index is 0.169. The van der Waals surface area contributed by atoms with Crippen LogP contribution in [0.2, 0.25) is 5.02 Å². The fourth-order valence-electron chi connectivity index (χ4n) is 3.91. The lowest BCUT2D eigenvalue weighted by Gasteiger charge is -2.43. The molecular weight excluding hydrogens is 310 g/mol. The lowest BCUT2D eigenvalue weighted by Crippen LogP contribution is -2.53. The van der Waals surface area contributed by atoms with Crippen LogP contribution in [0.15, 0.2) is 18.2 Å². The maximum atomic E-state index is 9.75. The number of halogens is 1. The number of aromatic hydroxyl groups is 1. The van der Waals surface area contributed by atoms with E-state index >= 15 is 0 Å². The predicted molar refractivity (Wildman–Crippen MR) is 95.2 cm³/mol. The second-order valence-corrected chi connectivity index (χ2v) is 7.15. The van der Waals surface area contributed by atoms with Gasteiger partial charge in [0.15, 0.2) is 0 Å². The number of benzene rings is 1. The number of phenols is 1. The molecule has 1 aromatic rings. The monoisotopic (exact) mass is 337 g/mol. The third-order valence-electron chi connectivity index (χ3n) is 5.25. The van der Waals surface area contributed by atoms with Gasteiger partial charge in [-0.2, -0.15) is 0 Å². The third-order valence-corrected chi connectivity index (χ3v) is 5.56. The highest BCUT2D eigenvalue weighted by Gasteiger charge is 2.31. The van der Waals surface area contributed by atoms with Gasteiger partial charge in [-0.3, -0.25) is 4.90 Å². The van der Waals surface area contributed by atoms with Gasteiger partial charge in [0.25, 0.3) is 0 Å². The second kappa shape index (κ2) is 7.84. The smallest absolute Gasteiger partial charge is 0.134 e. The molecule has 0 aromatic heterocycles. The molecule has 0 radical (unpaired) electrons. The minimum Gasteiger partial charge on any atom is -0.506 e. The average Bonchev–Trinajstić information content (AvgIpc) is 3.08. The Hall–Kier alpha value is -0.810. The molecule has 0 aliphatic carbocycles. The van der Waals surface area contributed by atoms with Gasteiger partial charge < -0.3 is 15.3 Å². The van der Waals surface area contributed by atoms with Crippen molar-refractivity contribution in [3.05, 3.63) is 28.8 Å². The Kier molecular flexibility index (Phi) is 5.81. The zero-order valence-electron chi connectivity index (χ0n) is 14.0. The second-order valence-electron chi connectivity index (χ2n) is 6.74. The van der Waals surface area contributed by atoms with E-state index in [2.05, 4.69) is 22.0 Å². The highest BCUT2D eigenvalue weighted by atomic mass is 35.5. The van der Waals surface area contributed by atoms with E-state index in [0.29, 0.717) is 17.1 Å².